The molecule has 0 aliphatic rings. The fourth-order valence-electron chi connectivity index (χ4n) is 1.15. The second-order valence-electron chi connectivity index (χ2n) is 3.10. The predicted molar refractivity (Wildman–Crippen MR) is 61.3 cm³/mol. The molecule has 0 fully saturated rings. The Hall–Kier alpha value is -1.16. The Morgan fingerprint density at radius 3 is 2.87 bits per heavy atom. The lowest BCUT2D eigenvalue weighted by Crippen LogP contribution is -2.27. The average molecular weight is 272 g/mol. The molecular formula is C11H11BrFNO. The van der Waals surface area contributed by atoms with Gasteiger partial charge in [0.15, 0.2) is 0 Å². The predicted octanol–water partition coefficient (Wildman–Crippen LogP) is 2.85. The van der Waals surface area contributed by atoms with Crippen molar-refractivity contribution in [1.29, 1.82) is 0 Å². The number of likely N-dealkylation sites (N-methyl/N-ethyl adjacent to an activating group) is 1. The second kappa shape index (κ2) is 5.07. The first-order valence-electron chi connectivity index (χ1n) is 4.37. The maximum Gasteiger partial charge on any atom is 0.256 e. The van der Waals surface area contributed by atoms with Gasteiger partial charge in [0.1, 0.15) is 5.82 Å². The summed E-state index contributed by atoms with van der Waals surface area (Å²) < 4.78 is 14.0. The number of rotatable bonds is 3. The molecular weight excluding hydrogens is 261 g/mol. The number of halogens is 2. The molecule has 2 nitrogen and oxygen atoms in total. The first-order valence-corrected chi connectivity index (χ1v) is 5.17. The maximum atomic E-state index is 13.4. The van der Waals surface area contributed by atoms with Crippen LogP contribution in [0.1, 0.15) is 10.4 Å². The highest BCUT2D eigenvalue weighted by molar-refractivity contribution is 9.10. The van der Waals surface area contributed by atoms with Crippen molar-refractivity contribution in [2.24, 2.45) is 0 Å². The highest BCUT2D eigenvalue weighted by Gasteiger charge is 2.14. The second-order valence-corrected chi connectivity index (χ2v) is 4.01. The molecule has 0 aromatic heterocycles. The summed E-state index contributed by atoms with van der Waals surface area (Å²) in [6.45, 7) is 3.92. The summed E-state index contributed by atoms with van der Waals surface area (Å²) in [4.78, 5) is 13.1. The molecule has 0 aliphatic heterocycles. The van der Waals surface area contributed by atoms with E-state index in [1.807, 2.05) is 0 Å². The van der Waals surface area contributed by atoms with Crippen LogP contribution in [-0.2, 0) is 0 Å². The van der Waals surface area contributed by atoms with Crippen LogP contribution in [0.4, 0.5) is 4.39 Å². The van der Waals surface area contributed by atoms with Crippen molar-refractivity contribution in [3.8, 4) is 0 Å². The van der Waals surface area contributed by atoms with Crippen molar-refractivity contribution in [2.75, 3.05) is 13.6 Å². The third kappa shape index (κ3) is 2.89. The lowest BCUT2D eigenvalue weighted by Gasteiger charge is -2.15. The van der Waals surface area contributed by atoms with E-state index in [0.717, 1.165) is 0 Å². The van der Waals surface area contributed by atoms with Gasteiger partial charge in [0.25, 0.3) is 5.91 Å². The number of amides is 1. The number of hydrogen-bond donors (Lipinski definition) is 0. The summed E-state index contributed by atoms with van der Waals surface area (Å²) in [7, 11) is 1.60. The van der Waals surface area contributed by atoms with Gasteiger partial charge in [0.2, 0.25) is 0 Å². The zero-order chi connectivity index (χ0) is 11.4. The van der Waals surface area contributed by atoms with E-state index in [1.165, 1.54) is 17.0 Å². The monoisotopic (exact) mass is 271 g/mol. The molecule has 0 aliphatic carbocycles. The Bertz CT molecular complexity index is 392. The highest BCUT2D eigenvalue weighted by atomic mass is 79.9. The van der Waals surface area contributed by atoms with E-state index in [9.17, 15) is 9.18 Å². The zero-order valence-corrected chi connectivity index (χ0v) is 9.92. The summed E-state index contributed by atoms with van der Waals surface area (Å²) in [5.74, 6) is -0.870. The molecule has 0 N–H and O–H groups in total. The molecule has 0 atom stereocenters. The van der Waals surface area contributed by atoms with Crippen LogP contribution in [0.2, 0.25) is 0 Å². The van der Waals surface area contributed by atoms with E-state index < -0.39 is 5.82 Å². The summed E-state index contributed by atoms with van der Waals surface area (Å²) >= 11 is 3.13. The third-order valence-corrected chi connectivity index (χ3v) is 2.40. The minimum absolute atomic E-state index is 0.0718. The fraction of sp³-hybridized carbons (Fsp3) is 0.182. The molecule has 1 aromatic carbocycles. The van der Waals surface area contributed by atoms with Crippen LogP contribution < -0.4 is 0 Å². The van der Waals surface area contributed by atoms with Crippen molar-refractivity contribution in [3.63, 3.8) is 0 Å². The zero-order valence-electron chi connectivity index (χ0n) is 8.34. The van der Waals surface area contributed by atoms with Gasteiger partial charge in [-0.25, -0.2) is 4.39 Å². The quantitative estimate of drug-likeness (QED) is 0.775. The summed E-state index contributed by atoms with van der Waals surface area (Å²) in [6, 6.07) is 4.37. The molecule has 15 heavy (non-hydrogen) atoms. The minimum atomic E-state index is -0.523. The Balaban J connectivity index is 2.96. The Labute approximate surface area is 96.5 Å². The van der Waals surface area contributed by atoms with Crippen LogP contribution in [0.15, 0.2) is 35.3 Å². The first kappa shape index (κ1) is 11.9. The third-order valence-electron chi connectivity index (χ3n) is 1.91. The van der Waals surface area contributed by atoms with Crippen molar-refractivity contribution < 1.29 is 9.18 Å². The molecule has 0 unspecified atom stereocenters. The van der Waals surface area contributed by atoms with Crippen LogP contribution in [0.25, 0.3) is 0 Å². The fourth-order valence-corrected chi connectivity index (χ4v) is 1.48. The van der Waals surface area contributed by atoms with Gasteiger partial charge in [-0.1, -0.05) is 22.0 Å². The Morgan fingerprint density at radius 2 is 2.33 bits per heavy atom. The van der Waals surface area contributed by atoms with Crippen LogP contribution >= 0.6 is 15.9 Å². The lowest BCUT2D eigenvalue weighted by molar-refractivity contribution is 0.0805. The normalized spacial score (nSPS) is 9.80. The molecule has 1 rings (SSSR count). The SMILES string of the molecule is C=CCN(C)C(=O)c1ccc(Br)cc1F. The van der Waals surface area contributed by atoms with Crippen molar-refractivity contribution in [3.05, 3.63) is 46.7 Å². The smallest absolute Gasteiger partial charge is 0.256 e. The summed E-state index contributed by atoms with van der Waals surface area (Å²) in [6.07, 6.45) is 1.59. The molecule has 4 heteroatoms. The summed E-state index contributed by atoms with van der Waals surface area (Å²) in [5.41, 5.74) is 0.0718. The van der Waals surface area contributed by atoms with Crippen LogP contribution in [0, 0.1) is 5.82 Å². The maximum absolute atomic E-state index is 13.4. The van der Waals surface area contributed by atoms with Crippen LogP contribution in [0.3, 0.4) is 0 Å². The number of hydrogen-bond acceptors (Lipinski definition) is 1. The van der Waals surface area contributed by atoms with Crippen LogP contribution in [0.5, 0.6) is 0 Å². The van der Waals surface area contributed by atoms with Gasteiger partial charge >= 0.3 is 0 Å². The van der Waals surface area contributed by atoms with Gasteiger partial charge < -0.3 is 4.90 Å². The van der Waals surface area contributed by atoms with Gasteiger partial charge in [0, 0.05) is 18.1 Å². The molecule has 0 bridgehead atoms. The van der Waals surface area contributed by atoms with Crippen LogP contribution in [-0.4, -0.2) is 24.4 Å². The summed E-state index contributed by atoms with van der Waals surface area (Å²) in [5, 5.41) is 0. The van der Waals surface area contributed by atoms with Crippen molar-refractivity contribution in [1.82, 2.24) is 4.90 Å². The molecule has 1 amide bonds. The molecule has 0 saturated carbocycles. The van der Waals surface area contributed by atoms with E-state index in [-0.39, 0.29) is 11.5 Å². The van der Waals surface area contributed by atoms with Gasteiger partial charge in [0.05, 0.1) is 5.56 Å². The average Bonchev–Trinajstić information content (AvgIpc) is 2.17. The number of carbonyl (C=O) groups excluding carboxylic acids is 1. The van der Waals surface area contributed by atoms with Crippen molar-refractivity contribution in [2.45, 2.75) is 0 Å². The van der Waals surface area contributed by atoms with E-state index in [4.69, 9.17) is 0 Å². The topological polar surface area (TPSA) is 20.3 Å². The number of nitrogens with zero attached hydrogens (tertiary/aromatic N) is 1. The molecule has 0 radical (unpaired) electrons. The van der Waals surface area contributed by atoms with Gasteiger partial charge in [-0.05, 0) is 18.2 Å². The highest BCUT2D eigenvalue weighted by Crippen LogP contribution is 2.16. The van der Waals surface area contributed by atoms with Gasteiger partial charge in [-0.3, -0.25) is 4.79 Å². The van der Waals surface area contributed by atoms with E-state index in [1.54, 1.807) is 19.2 Å². The van der Waals surface area contributed by atoms with Crippen molar-refractivity contribution >= 4 is 21.8 Å². The molecule has 80 valence electrons. The lowest BCUT2D eigenvalue weighted by atomic mass is 10.2. The number of carbonyl (C=O) groups is 1. The Kier molecular flexibility index (Phi) is 4.03. The first-order chi connectivity index (χ1) is 7.06. The molecule has 0 saturated heterocycles. The standard InChI is InChI=1S/C11H11BrFNO/c1-3-6-14(2)11(15)9-5-4-8(12)7-10(9)13/h3-5,7H,1,6H2,2H3. The number of benzene rings is 1. The minimum Gasteiger partial charge on any atom is -0.338 e. The van der Waals surface area contributed by atoms with E-state index >= 15 is 0 Å². The van der Waals surface area contributed by atoms with E-state index in [2.05, 4.69) is 22.5 Å². The largest absolute Gasteiger partial charge is 0.338 e. The molecule has 0 heterocycles. The van der Waals surface area contributed by atoms with Gasteiger partial charge in [-0.15, -0.1) is 6.58 Å². The molecule has 0 spiro atoms. The Morgan fingerprint density at radius 1 is 1.67 bits per heavy atom. The van der Waals surface area contributed by atoms with Gasteiger partial charge in [-0.2, -0.15) is 0 Å². The van der Waals surface area contributed by atoms with E-state index in [0.29, 0.717) is 11.0 Å². The molecule has 1 aromatic rings.